The van der Waals surface area contributed by atoms with E-state index in [-0.39, 0.29) is 26.4 Å². The molecule has 11 nitrogen and oxygen atoms in total. The Balaban J connectivity index is 1.45. The van der Waals surface area contributed by atoms with E-state index in [9.17, 15) is 24.0 Å². The van der Waals surface area contributed by atoms with E-state index in [1.165, 1.54) is 0 Å². The van der Waals surface area contributed by atoms with Gasteiger partial charge >= 0.3 is 24.0 Å². The van der Waals surface area contributed by atoms with Crippen LogP contribution in [0.1, 0.15) is 35.1 Å². The minimum Gasteiger partial charge on any atom is -0.461 e. The van der Waals surface area contributed by atoms with E-state index in [0.29, 0.717) is 11.1 Å². The minimum absolute atomic E-state index is 0.0515. The summed E-state index contributed by atoms with van der Waals surface area (Å²) in [6.45, 7) is -0.330. The second-order valence-corrected chi connectivity index (χ2v) is 10.6. The van der Waals surface area contributed by atoms with Gasteiger partial charge in [-0.05, 0) is 22.3 Å². The van der Waals surface area contributed by atoms with Gasteiger partial charge in [-0.3, -0.25) is 14.4 Å². The van der Waals surface area contributed by atoms with Crippen LogP contribution < -0.4 is 10.6 Å². The number of carbonyl (C=O) groups is 5. The number of benzene rings is 4. The Bertz CT molecular complexity index is 1560. The van der Waals surface area contributed by atoms with Crippen LogP contribution in [0.2, 0.25) is 0 Å². The number of ether oxygens (including phenoxy) is 4. The van der Waals surface area contributed by atoms with Crippen LogP contribution in [0.5, 0.6) is 0 Å². The molecule has 48 heavy (non-hydrogen) atoms. The standard InChI is InChI=1S/C37H36N2O9/c40-33(45-23-27-13-5-1-6-14-27)21-31(39-37(44)48-26-30-19-11-4-12-20-30)35(42)38-32(36(43)47-25-29-17-9-3-10-18-29)22-34(41)46-24-28-15-7-2-8-16-28/h1-20,31-32H,21-26H2,(H,38,42)(H,39,44)/t31-,32-/m1/s1. The molecule has 0 radical (unpaired) electrons. The molecule has 0 unspecified atom stereocenters. The second kappa shape index (κ2) is 18.9. The van der Waals surface area contributed by atoms with E-state index in [2.05, 4.69) is 10.6 Å². The Morgan fingerprint density at radius 3 is 1.21 bits per heavy atom. The van der Waals surface area contributed by atoms with Crippen molar-refractivity contribution in [2.45, 2.75) is 51.4 Å². The number of rotatable bonds is 16. The number of esters is 3. The largest absolute Gasteiger partial charge is 0.461 e. The molecule has 4 aromatic rings. The molecular formula is C37H36N2O9. The van der Waals surface area contributed by atoms with E-state index in [0.717, 1.165) is 11.1 Å². The summed E-state index contributed by atoms with van der Waals surface area (Å²) in [6.07, 6.45) is -2.15. The fourth-order valence-corrected chi connectivity index (χ4v) is 4.34. The second-order valence-electron chi connectivity index (χ2n) is 10.6. The third-order valence-electron chi connectivity index (χ3n) is 6.87. The molecule has 0 saturated heterocycles. The number of carbonyl (C=O) groups excluding carboxylic acids is 5. The fraction of sp³-hybridized carbons (Fsp3) is 0.216. The van der Waals surface area contributed by atoms with Crippen molar-refractivity contribution in [2.24, 2.45) is 0 Å². The number of amides is 2. The maximum Gasteiger partial charge on any atom is 0.408 e. The van der Waals surface area contributed by atoms with Crippen LogP contribution in [0.4, 0.5) is 4.79 Å². The summed E-state index contributed by atoms with van der Waals surface area (Å²) < 4.78 is 21.3. The molecule has 2 N–H and O–H groups in total. The quantitative estimate of drug-likeness (QED) is 0.129. The van der Waals surface area contributed by atoms with E-state index < -0.39 is 54.8 Å². The van der Waals surface area contributed by atoms with Gasteiger partial charge in [-0.2, -0.15) is 0 Å². The third-order valence-corrected chi connectivity index (χ3v) is 6.87. The summed E-state index contributed by atoms with van der Waals surface area (Å²) >= 11 is 0. The lowest BCUT2D eigenvalue weighted by Crippen LogP contribution is -2.53. The molecule has 0 spiro atoms. The Kier molecular flexibility index (Phi) is 13.7. The van der Waals surface area contributed by atoms with Crippen molar-refractivity contribution in [2.75, 3.05) is 0 Å². The van der Waals surface area contributed by atoms with Crippen molar-refractivity contribution in [1.29, 1.82) is 0 Å². The highest BCUT2D eigenvalue weighted by molar-refractivity contribution is 5.93. The van der Waals surface area contributed by atoms with Crippen LogP contribution >= 0.6 is 0 Å². The van der Waals surface area contributed by atoms with E-state index >= 15 is 0 Å². The first kappa shape index (κ1) is 34.9. The predicted octanol–water partition coefficient (Wildman–Crippen LogP) is 4.78. The lowest BCUT2D eigenvalue weighted by Gasteiger charge is -2.22. The lowest BCUT2D eigenvalue weighted by molar-refractivity contribution is -0.155. The molecule has 4 rings (SSSR count). The first-order valence-corrected chi connectivity index (χ1v) is 15.2. The molecular weight excluding hydrogens is 616 g/mol. The smallest absolute Gasteiger partial charge is 0.408 e. The molecule has 0 bridgehead atoms. The summed E-state index contributed by atoms with van der Waals surface area (Å²) in [4.78, 5) is 65.1. The van der Waals surface area contributed by atoms with Gasteiger partial charge in [0.05, 0.1) is 12.8 Å². The molecule has 0 aromatic heterocycles. The SMILES string of the molecule is O=C(C[C@@H](NC(=O)OCc1ccccc1)C(=O)N[C@H](CC(=O)OCc1ccccc1)C(=O)OCc1ccccc1)OCc1ccccc1. The molecule has 0 saturated carbocycles. The Morgan fingerprint density at radius 2 is 0.792 bits per heavy atom. The van der Waals surface area contributed by atoms with Crippen molar-refractivity contribution < 1.29 is 42.9 Å². The first-order valence-electron chi connectivity index (χ1n) is 15.2. The molecule has 2 atom stereocenters. The van der Waals surface area contributed by atoms with Gasteiger partial charge in [0.25, 0.3) is 0 Å². The lowest BCUT2D eigenvalue weighted by atomic mass is 10.1. The van der Waals surface area contributed by atoms with Gasteiger partial charge < -0.3 is 29.6 Å². The number of hydrogen-bond acceptors (Lipinski definition) is 9. The normalized spacial score (nSPS) is 11.7. The minimum atomic E-state index is -1.53. The van der Waals surface area contributed by atoms with Gasteiger partial charge in [0.1, 0.15) is 38.5 Å². The number of hydrogen-bond donors (Lipinski definition) is 2. The molecule has 0 aliphatic heterocycles. The topological polar surface area (TPSA) is 146 Å². The van der Waals surface area contributed by atoms with E-state index in [1.54, 1.807) is 103 Å². The summed E-state index contributed by atoms with van der Waals surface area (Å²) in [5.41, 5.74) is 2.83. The Labute approximate surface area is 278 Å². The van der Waals surface area contributed by atoms with Crippen LogP contribution in [-0.4, -0.2) is 42.0 Å². The Hall–Kier alpha value is -5.97. The van der Waals surface area contributed by atoms with Gasteiger partial charge in [-0.1, -0.05) is 121 Å². The summed E-state index contributed by atoms with van der Waals surface area (Å²) in [5.74, 6) is -3.44. The first-order chi connectivity index (χ1) is 23.4. The molecule has 0 fully saturated rings. The molecule has 2 amide bonds. The van der Waals surface area contributed by atoms with Gasteiger partial charge in [-0.25, -0.2) is 9.59 Å². The van der Waals surface area contributed by atoms with Crippen LogP contribution in [0.3, 0.4) is 0 Å². The zero-order chi connectivity index (χ0) is 34.0. The van der Waals surface area contributed by atoms with Gasteiger partial charge in [0.2, 0.25) is 5.91 Å². The fourth-order valence-electron chi connectivity index (χ4n) is 4.34. The highest BCUT2D eigenvalue weighted by Crippen LogP contribution is 2.10. The van der Waals surface area contributed by atoms with Crippen molar-refractivity contribution in [1.82, 2.24) is 10.6 Å². The maximum atomic E-state index is 13.6. The van der Waals surface area contributed by atoms with Crippen molar-refractivity contribution >= 4 is 29.9 Å². The number of nitrogens with one attached hydrogen (secondary N) is 2. The zero-order valence-electron chi connectivity index (χ0n) is 26.1. The van der Waals surface area contributed by atoms with Crippen LogP contribution in [0.25, 0.3) is 0 Å². The highest BCUT2D eigenvalue weighted by Gasteiger charge is 2.32. The maximum absolute atomic E-state index is 13.6. The van der Waals surface area contributed by atoms with Crippen LogP contribution in [-0.2, 0) is 64.6 Å². The average Bonchev–Trinajstić information content (AvgIpc) is 3.12. The summed E-state index contributed by atoms with van der Waals surface area (Å²) in [6, 6.07) is 32.5. The zero-order valence-corrected chi connectivity index (χ0v) is 26.1. The average molecular weight is 653 g/mol. The molecule has 248 valence electrons. The predicted molar refractivity (Wildman–Crippen MR) is 173 cm³/mol. The number of alkyl carbamates (subject to hydrolysis) is 1. The highest BCUT2D eigenvalue weighted by atomic mass is 16.6. The van der Waals surface area contributed by atoms with Crippen LogP contribution in [0, 0.1) is 0 Å². The third kappa shape index (κ3) is 12.4. The van der Waals surface area contributed by atoms with Gasteiger partial charge in [-0.15, -0.1) is 0 Å². The summed E-state index contributed by atoms with van der Waals surface area (Å²) in [7, 11) is 0. The molecule has 4 aromatic carbocycles. The summed E-state index contributed by atoms with van der Waals surface area (Å²) in [5, 5.41) is 4.82. The Morgan fingerprint density at radius 1 is 0.438 bits per heavy atom. The van der Waals surface area contributed by atoms with E-state index in [4.69, 9.17) is 18.9 Å². The van der Waals surface area contributed by atoms with Crippen molar-refractivity contribution in [3.8, 4) is 0 Å². The van der Waals surface area contributed by atoms with Gasteiger partial charge in [0, 0.05) is 0 Å². The molecule has 0 aliphatic carbocycles. The molecule has 0 aliphatic rings. The van der Waals surface area contributed by atoms with E-state index in [1.807, 2.05) is 18.2 Å². The monoisotopic (exact) mass is 652 g/mol. The van der Waals surface area contributed by atoms with Crippen LogP contribution in [0.15, 0.2) is 121 Å². The molecule has 0 heterocycles. The van der Waals surface area contributed by atoms with Crippen molar-refractivity contribution in [3.05, 3.63) is 144 Å². The van der Waals surface area contributed by atoms with Crippen molar-refractivity contribution in [3.63, 3.8) is 0 Å². The van der Waals surface area contributed by atoms with Gasteiger partial charge in [0.15, 0.2) is 0 Å². The molecule has 11 heteroatoms.